The summed E-state index contributed by atoms with van der Waals surface area (Å²) >= 11 is 6.28. The minimum atomic E-state index is -0.491. The number of urea groups is 1. The minimum Gasteiger partial charge on any atom is -0.453 e. The van der Waals surface area contributed by atoms with Gasteiger partial charge in [0.1, 0.15) is 0 Å². The molecule has 4 N–H and O–H groups in total. The molecule has 1 saturated heterocycles. The quantitative estimate of drug-likeness (QED) is 0.380. The number of methoxy groups -OCH3 is 1. The van der Waals surface area contributed by atoms with Crippen molar-refractivity contribution in [2.24, 2.45) is 17.6 Å². The van der Waals surface area contributed by atoms with Gasteiger partial charge >= 0.3 is 12.1 Å². The number of piperidine rings is 1. The van der Waals surface area contributed by atoms with E-state index in [1.807, 2.05) is 29.2 Å². The third-order valence-electron chi connectivity index (χ3n) is 7.53. The summed E-state index contributed by atoms with van der Waals surface area (Å²) in [7, 11) is 1.33. The summed E-state index contributed by atoms with van der Waals surface area (Å²) < 4.78 is 10.9. The Morgan fingerprint density at radius 2 is 2.00 bits per heavy atom. The van der Waals surface area contributed by atoms with Crippen LogP contribution in [0.3, 0.4) is 0 Å². The Morgan fingerprint density at radius 3 is 2.69 bits per heavy atom. The highest BCUT2D eigenvalue weighted by Crippen LogP contribution is 2.35. The fourth-order valence-corrected chi connectivity index (χ4v) is 5.79. The van der Waals surface area contributed by atoms with Gasteiger partial charge in [-0.1, -0.05) is 55.8 Å². The van der Waals surface area contributed by atoms with Crippen molar-refractivity contribution in [1.82, 2.24) is 15.5 Å². The van der Waals surface area contributed by atoms with Crippen molar-refractivity contribution < 1.29 is 19.1 Å². The number of hydrogen-bond acceptors (Lipinski definition) is 5. The molecule has 3 atom stereocenters. The number of nitrogens with zero attached hydrogens (tertiary/aromatic N) is 1. The van der Waals surface area contributed by atoms with Gasteiger partial charge in [0.2, 0.25) is 0 Å². The van der Waals surface area contributed by atoms with Crippen molar-refractivity contribution >= 4 is 23.7 Å². The van der Waals surface area contributed by atoms with Gasteiger partial charge in [0.15, 0.2) is 0 Å². The largest absolute Gasteiger partial charge is 0.453 e. The van der Waals surface area contributed by atoms with E-state index in [-0.39, 0.29) is 18.1 Å². The molecule has 202 valence electrons. The molecule has 3 rings (SSSR count). The zero-order chi connectivity index (χ0) is 26.0. The van der Waals surface area contributed by atoms with Gasteiger partial charge in [0, 0.05) is 37.1 Å². The third-order valence-corrected chi connectivity index (χ3v) is 7.76. The number of rotatable bonds is 10. The fourth-order valence-electron chi connectivity index (χ4n) is 5.59. The van der Waals surface area contributed by atoms with Crippen LogP contribution in [-0.4, -0.2) is 62.5 Å². The van der Waals surface area contributed by atoms with Gasteiger partial charge in [0.25, 0.3) is 0 Å². The van der Waals surface area contributed by atoms with Gasteiger partial charge in [-0.05, 0) is 49.8 Å². The summed E-state index contributed by atoms with van der Waals surface area (Å²) in [5.41, 5.74) is 6.72. The lowest BCUT2D eigenvalue weighted by Gasteiger charge is -2.40. The molecule has 2 fully saturated rings. The maximum absolute atomic E-state index is 13.4. The zero-order valence-corrected chi connectivity index (χ0v) is 22.5. The summed E-state index contributed by atoms with van der Waals surface area (Å²) in [4.78, 5) is 26.7. The van der Waals surface area contributed by atoms with Crippen molar-refractivity contribution in [3.8, 4) is 0 Å². The molecule has 0 radical (unpaired) electrons. The Labute approximate surface area is 220 Å². The predicted molar refractivity (Wildman–Crippen MR) is 142 cm³/mol. The lowest BCUT2D eigenvalue weighted by molar-refractivity contribution is -0.00892. The van der Waals surface area contributed by atoms with E-state index < -0.39 is 11.6 Å². The number of nitrogens with one attached hydrogen (secondary N) is 2. The van der Waals surface area contributed by atoms with E-state index in [1.54, 1.807) is 0 Å². The number of halogens is 1. The number of likely N-dealkylation sites (tertiary alicyclic amines) is 1. The Kier molecular flexibility index (Phi) is 11.1. The summed E-state index contributed by atoms with van der Waals surface area (Å²) in [6.45, 7) is 4.44. The number of alkyl carbamates (subject to hydrolysis) is 1. The highest BCUT2D eigenvalue weighted by molar-refractivity contribution is 6.30. The van der Waals surface area contributed by atoms with Gasteiger partial charge in [-0.2, -0.15) is 0 Å². The van der Waals surface area contributed by atoms with Crippen LogP contribution in [0.1, 0.15) is 70.0 Å². The molecule has 1 heterocycles. The van der Waals surface area contributed by atoms with Crippen LogP contribution in [0.5, 0.6) is 0 Å². The van der Waals surface area contributed by atoms with Gasteiger partial charge in [-0.25, -0.2) is 9.59 Å². The number of benzene rings is 1. The Balaban J connectivity index is 1.64. The Hall–Kier alpha value is -2.03. The van der Waals surface area contributed by atoms with Crippen LogP contribution < -0.4 is 16.4 Å². The van der Waals surface area contributed by atoms with Crippen molar-refractivity contribution in [3.05, 3.63) is 34.9 Å². The van der Waals surface area contributed by atoms with Crippen LogP contribution in [0.4, 0.5) is 9.59 Å². The second kappa shape index (κ2) is 14.1. The van der Waals surface area contributed by atoms with Crippen LogP contribution in [0.15, 0.2) is 24.3 Å². The van der Waals surface area contributed by atoms with E-state index in [0.29, 0.717) is 43.7 Å². The van der Waals surface area contributed by atoms with Crippen LogP contribution in [0, 0.1) is 11.8 Å². The molecular formula is C27H43ClN4O4. The molecule has 0 bridgehead atoms. The average Bonchev–Trinajstić information content (AvgIpc) is 2.89. The number of hydrogen-bond donors (Lipinski definition) is 3. The summed E-state index contributed by atoms with van der Waals surface area (Å²) in [6, 6.07) is 7.60. The van der Waals surface area contributed by atoms with Gasteiger partial charge in [-0.15, -0.1) is 0 Å². The second-order valence-corrected chi connectivity index (χ2v) is 11.0. The maximum Gasteiger partial charge on any atom is 0.406 e. The van der Waals surface area contributed by atoms with E-state index in [1.165, 1.54) is 39.2 Å². The molecule has 1 saturated carbocycles. The molecule has 1 aliphatic heterocycles. The number of carbonyl (C=O) groups excluding carboxylic acids is 2. The highest BCUT2D eigenvalue weighted by atomic mass is 35.5. The van der Waals surface area contributed by atoms with Crippen LogP contribution in [-0.2, 0) is 9.47 Å². The molecular weight excluding hydrogens is 480 g/mol. The van der Waals surface area contributed by atoms with E-state index in [0.717, 1.165) is 24.8 Å². The SMILES string of the molecule is COC(=O)NCCOC(c1cccc(Cl)c1)[C@@H]1CCCN(C(=O)N[C@](C)(CN)CC2CCCCC2)C1. The first-order valence-corrected chi connectivity index (χ1v) is 13.7. The first kappa shape index (κ1) is 28.5. The molecule has 1 unspecified atom stereocenters. The van der Waals surface area contributed by atoms with E-state index in [4.69, 9.17) is 22.1 Å². The van der Waals surface area contributed by atoms with Crippen LogP contribution in [0.2, 0.25) is 5.02 Å². The van der Waals surface area contributed by atoms with Crippen LogP contribution >= 0.6 is 11.6 Å². The van der Waals surface area contributed by atoms with Gasteiger partial charge in [0.05, 0.1) is 25.4 Å². The molecule has 1 aliphatic carbocycles. The standard InChI is InChI=1S/C27H43ClN4O4/c1-27(19-29,17-20-8-4-3-5-9-20)31-25(33)32-14-7-11-22(18-32)24(21-10-6-12-23(28)16-21)36-15-13-30-26(34)35-2/h6,10,12,16,20,22,24H,3-5,7-9,11,13-15,17-19,29H2,1-2H3,(H,30,34)(H,31,33)/t22-,24?,27+/m1/s1. The highest BCUT2D eigenvalue weighted by Gasteiger charge is 2.35. The molecule has 3 amide bonds. The third kappa shape index (κ3) is 8.53. The topological polar surface area (TPSA) is 106 Å². The fraction of sp³-hybridized carbons (Fsp3) is 0.704. The Morgan fingerprint density at radius 1 is 1.22 bits per heavy atom. The van der Waals surface area contributed by atoms with E-state index in [9.17, 15) is 9.59 Å². The van der Waals surface area contributed by atoms with E-state index in [2.05, 4.69) is 22.3 Å². The normalized spacial score (nSPS) is 21.3. The minimum absolute atomic E-state index is 0.0549. The average molecular weight is 523 g/mol. The van der Waals surface area contributed by atoms with Crippen molar-refractivity contribution in [1.29, 1.82) is 0 Å². The molecule has 9 heteroatoms. The number of amides is 3. The first-order chi connectivity index (χ1) is 17.3. The van der Waals surface area contributed by atoms with Crippen molar-refractivity contribution in [3.63, 3.8) is 0 Å². The molecule has 1 aromatic rings. The summed E-state index contributed by atoms with van der Waals surface area (Å²) in [5.74, 6) is 0.726. The van der Waals surface area contributed by atoms with Crippen molar-refractivity contribution in [2.45, 2.75) is 69.9 Å². The first-order valence-electron chi connectivity index (χ1n) is 13.3. The molecule has 1 aromatic carbocycles. The molecule has 36 heavy (non-hydrogen) atoms. The molecule has 8 nitrogen and oxygen atoms in total. The van der Waals surface area contributed by atoms with Crippen molar-refractivity contribution in [2.75, 3.05) is 39.9 Å². The second-order valence-electron chi connectivity index (χ2n) is 10.5. The number of nitrogens with two attached hydrogens (primary N) is 1. The number of ether oxygens (including phenoxy) is 2. The van der Waals surface area contributed by atoms with Gasteiger partial charge < -0.3 is 30.7 Å². The predicted octanol–water partition coefficient (Wildman–Crippen LogP) is 4.86. The van der Waals surface area contributed by atoms with Gasteiger partial charge in [-0.3, -0.25) is 0 Å². The molecule has 2 aliphatic rings. The lowest BCUT2D eigenvalue weighted by Crippen LogP contribution is -2.57. The molecule has 0 spiro atoms. The maximum atomic E-state index is 13.4. The summed E-state index contributed by atoms with van der Waals surface area (Å²) in [6.07, 6.45) is 8.31. The monoisotopic (exact) mass is 522 g/mol. The summed E-state index contributed by atoms with van der Waals surface area (Å²) in [5, 5.41) is 6.57. The smallest absolute Gasteiger partial charge is 0.406 e. The van der Waals surface area contributed by atoms with E-state index >= 15 is 0 Å². The zero-order valence-electron chi connectivity index (χ0n) is 21.8. The lowest BCUT2D eigenvalue weighted by atomic mass is 9.80. The van der Waals surface area contributed by atoms with Crippen LogP contribution in [0.25, 0.3) is 0 Å². The number of carbonyl (C=O) groups is 2. The Bertz CT molecular complexity index is 851. The molecule has 0 aromatic heterocycles.